The van der Waals surface area contributed by atoms with Gasteiger partial charge in [0, 0.05) is 198 Å². The molecule has 11 rings (SSSR count). The molecular weight excluding hydrogens is 1130 g/mol. The van der Waals surface area contributed by atoms with Crippen molar-refractivity contribution in [1.29, 1.82) is 0 Å². The Morgan fingerprint density at radius 3 is 1.51 bits per heavy atom. The van der Waals surface area contributed by atoms with Crippen molar-refractivity contribution in [3.05, 3.63) is 199 Å². The summed E-state index contributed by atoms with van der Waals surface area (Å²) < 4.78 is 27.4. The molecule has 18 heteroatoms. The third kappa shape index (κ3) is 14.7. The predicted molar refractivity (Wildman–Crippen MR) is 357 cm³/mol. The van der Waals surface area contributed by atoms with E-state index in [2.05, 4.69) is 143 Å². The number of hydrogen-bond acceptors (Lipinski definition) is 12. The summed E-state index contributed by atoms with van der Waals surface area (Å²) in [5.74, 6) is -0.643. The monoisotopic (exact) mass is 1230 g/mol. The van der Waals surface area contributed by atoms with Gasteiger partial charge >= 0.3 is 0 Å². The Morgan fingerprint density at radius 2 is 1.01 bits per heavy atom. The quantitative estimate of drug-likeness (QED) is 0.0507. The van der Waals surface area contributed by atoms with Crippen LogP contribution in [-0.4, -0.2) is 192 Å². The molecule has 4 fully saturated rings. The average Bonchev–Trinajstić information content (AvgIpc) is 1.65. The van der Waals surface area contributed by atoms with Crippen molar-refractivity contribution in [2.24, 2.45) is 0 Å². The summed E-state index contributed by atoms with van der Waals surface area (Å²) in [6.07, 6.45) is 8.54. The van der Waals surface area contributed by atoms with Crippen molar-refractivity contribution < 1.29 is 18.4 Å². The number of H-pyrrole nitrogens is 2. The fourth-order valence-corrected chi connectivity index (χ4v) is 14.3. The van der Waals surface area contributed by atoms with Gasteiger partial charge in [-0.3, -0.25) is 38.8 Å². The van der Waals surface area contributed by atoms with Crippen LogP contribution in [0.3, 0.4) is 0 Å². The summed E-state index contributed by atoms with van der Waals surface area (Å²) >= 11 is 0. The van der Waals surface area contributed by atoms with Crippen LogP contribution < -0.4 is 31.6 Å². The fourth-order valence-electron chi connectivity index (χ4n) is 14.3. The van der Waals surface area contributed by atoms with Crippen LogP contribution in [0.2, 0.25) is 0 Å². The molecule has 0 spiro atoms. The molecule has 5 aromatic rings. The maximum atomic E-state index is 14.4. The number of nitrogens with one attached hydrogen (secondary N) is 4. The zero-order valence-electron chi connectivity index (χ0n) is 54.0. The van der Waals surface area contributed by atoms with Gasteiger partial charge < -0.3 is 40.2 Å². The summed E-state index contributed by atoms with van der Waals surface area (Å²) in [7, 11) is 0. The Hall–Kier alpha value is -7.32. The number of rotatable bonds is 18. The highest BCUT2D eigenvalue weighted by atomic mass is 19.1. The first-order valence-corrected chi connectivity index (χ1v) is 32.3. The lowest BCUT2D eigenvalue weighted by atomic mass is 9.91. The van der Waals surface area contributed by atoms with Gasteiger partial charge in [0.2, 0.25) is 11.8 Å². The lowest BCUT2D eigenvalue weighted by Crippen LogP contribution is -2.63. The van der Waals surface area contributed by atoms with Crippen molar-refractivity contribution >= 4 is 35.3 Å². The van der Waals surface area contributed by atoms with E-state index in [-0.39, 0.29) is 70.7 Å². The van der Waals surface area contributed by atoms with Gasteiger partial charge in [0.05, 0.1) is 17.9 Å². The molecular formula is C72H92F2N12O4. The molecule has 8 heterocycles. The second-order valence-corrected chi connectivity index (χ2v) is 27.8. The molecule has 90 heavy (non-hydrogen) atoms. The number of benzene rings is 3. The molecule has 2 amide bonds. The summed E-state index contributed by atoms with van der Waals surface area (Å²) in [6.45, 7) is 38.2. The molecule has 0 aliphatic carbocycles. The van der Waals surface area contributed by atoms with Crippen LogP contribution in [0.1, 0.15) is 100 Å². The van der Waals surface area contributed by atoms with E-state index in [0.717, 1.165) is 128 Å². The van der Waals surface area contributed by atoms with Crippen LogP contribution >= 0.6 is 0 Å². The van der Waals surface area contributed by atoms with E-state index in [4.69, 9.17) is 0 Å². The molecule has 2 aromatic heterocycles. The van der Waals surface area contributed by atoms with E-state index < -0.39 is 5.41 Å². The van der Waals surface area contributed by atoms with Crippen LogP contribution in [0, 0.1) is 11.6 Å². The zero-order valence-corrected chi connectivity index (χ0v) is 54.0. The molecule has 4 N–H and O–H groups in total. The number of hydrogen-bond donors (Lipinski definition) is 4. The van der Waals surface area contributed by atoms with Crippen molar-refractivity contribution in [1.82, 2.24) is 50.0 Å². The number of anilines is 2. The van der Waals surface area contributed by atoms with E-state index in [0.29, 0.717) is 62.2 Å². The van der Waals surface area contributed by atoms with E-state index in [9.17, 15) is 28.0 Å². The van der Waals surface area contributed by atoms with E-state index >= 15 is 0 Å². The first-order valence-electron chi connectivity index (χ1n) is 32.3. The van der Waals surface area contributed by atoms with Crippen molar-refractivity contribution in [3.63, 3.8) is 0 Å². The highest BCUT2D eigenvalue weighted by molar-refractivity contribution is 5.97. The summed E-state index contributed by atoms with van der Waals surface area (Å²) in [4.78, 5) is 79.4. The molecule has 3 aromatic carbocycles. The van der Waals surface area contributed by atoms with Crippen molar-refractivity contribution in [2.45, 2.75) is 115 Å². The van der Waals surface area contributed by atoms with Gasteiger partial charge in [-0.25, -0.2) is 8.78 Å². The number of fused-ring (bicyclic) bond motifs is 2. The van der Waals surface area contributed by atoms with Crippen LogP contribution in [0.15, 0.2) is 131 Å². The molecule has 6 aliphatic rings. The third-order valence-corrected chi connectivity index (χ3v) is 19.7. The summed E-state index contributed by atoms with van der Waals surface area (Å²) in [6, 6.07) is 26.0. The molecule has 1 unspecified atom stereocenters. The minimum Gasteiger partial charge on any atom is -0.369 e. The number of carbonyl (C=O) groups is 2. The lowest BCUT2D eigenvalue weighted by molar-refractivity contribution is -0.129. The molecule has 0 saturated carbocycles. The van der Waals surface area contributed by atoms with Gasteiger partial charge in [-0.05, 0) is 98.5 Å². The number of aromatic nitrogens is 2. The fraction of sp³-hybridized carbons (Fsp3) is 0.472. The van der Waals surface area contributed by atoms with Crippen molar-refractivity contribution in [2.75, 3.05) is 115 Å². The number of piperazine rings is 4. The smallest absolute Gasteiger partial charge is 0.251 e. The molecule has 6 atom stereocenters. The SMILES string of the molecule is C=C(/C=C/c1ccc(/C=C/C(=O)N2CCN(CC3CN[C@H](C)CN3CC(=O)N3CC(C)(C)c4[nH]c(=O)c(Cc5ccc(F)cc5)cc43)[C@H](C)C2)cc1)N1CCN(C[C@H]2CN[C@H](C)CN2CC(=C)N2CC(C)(C)c3[nH]c(=O)c(Cc4ccc(F)cc4)cc32)[C@H](C)C1. The van der Waals surface area contributed by atoms with Crippen LogP contribution in [0.4, 0.5) is 20.2 Å². The van der Waals surface area contributed by atoms with Gasteiger partial charge in [0.25, 0.3) is 11.1 Å². The van der Waals surface area contributed by atoms with Crippen LogP contribution in [0.25, 0.3) is 12.2 Å². The number of amides is 2. The number of pyridine rings is 2. The molecule has 0 radical (unpaired) electrons. The van der Waals surface area contributed by atoms with Gasteiger partial charge in [-0.2, -0.15) is 0 Å². The van der Waals surface area contributed by atoms with E-state index in [1.54, 1.807) is 30.3 Å². The largest absolute Gasteiger partial charge is 0.369 e. The van der Waals surface area contributed by atoms with Gasteiger partial charge in [-0.1, -0.05) is 95.5 Å². The Bertz CT molecular complexity index is 3400. The summed E-state index contributed by atoms with van der Waals surface area (Å²) in [5, 5.41) is 7.39. The number of halogens is 2. The lowest BCUT2D eigenvalue weighted by Gasteiger charge is -2.46. The first kappa shape index (κ1) is 64.2. The minimum atomic E-state index is -0.440. The third-order valence-electron chi connectivity index (χ3n) is 19.7. The topological polar surface area (TPSA) is 150 Å². The second kappa shape index (κ2) is 26.9. The molecule has 4 saturated heterocycles. The number of carbonyl (C=O) groups excluding carboxylic acids is 2. The van der Waals surface area contributed by atoms with Gasteiger partial charge in [0.1, 0.15) is 11.6 Å². The molecule has 0 bridgehead atoms. The Labute approximate surface area is 530 Å². The standard InChI is InChI=1S/C72H92F2N12O4/c1-47-37-83(41-52(6)85-45-71(7,8)67-63(85)33-57(69(89)77-67)31-55-17-22-59(73)23-18-55)61(35-75-47)42-80-28-27-79(39-50(80)4)49(3)11-12-53-13-15-54(16-14-53)21-26-65(87)82-30-29-81(51(5)40-82)43-62-36-76-48(2)38-84(62)44-66(88)86-46-72(9,10)68-64(86)34-58(70(90)78-68)32-56-19-24-60(74)25-20-56/h11-26,33-34,47-48,50-51,61-62,75-76H,3,6,27-32,35-46H2,1-2,4-5,7-10H3,(H,77,89)(H,78,90)/b12-11+,26-21+/t47-,48-,50-,51-,61-,62?/m1/s1. The normalized spacial score (nSPS) is 24.1. The molecule has 16 nitrogen and oxygen atoms in total. The van der Waals surface area contributed by atoms with E-state index in [1.807, 2.05) is 40.1 Å². The molecule has 6 aliphatic heterocycles. The zero-order chi connectivity index (χ0) is 63.8. The Balaban J connectivity index is 0.632. The van der Waals surface area contributed by atoms with Crippen LogP contribution in [-0.2, 0) is 33.3 Å². The maximum absolute atomic E-state index is 14.4. The number of allylic oxidation sites excluding steroid dienone is 1. The summed E-state index contributed by atoms with van der Waals surface area (Å²) in [5.41, 5.74) is 9.28. The predicted octanol–water partition coefficient (Wildman–Crippen LogP) is 7.56. The minimum absolute atomic E-state index is 0.00900. The van der Waals surface area contributed by atoms with E-state index in [1.165, 1.54) is 24.3 Å². The highest BCUT2D eigenvalue weighted by Gasteiger charge is 2.43. The highest BCUT2D eigenvalue weighted by Crippen LogP contribution is 2.42. The number of aromatic amines is 2. The van der Waals surface area contributed by atoms with Gasteiger partial charge in [0.15, 0.2) is 0 Å². The number of nitrogens with zero attached hydrogens (tertiary/aromatic N) is 8. The van der Waals surface area contributed by atoms with Gasteiger partial charge in [-0.15, -0.1) is 0 Å². The van der Waals surface area contributed by atoms with Crippen LogP contribution in [0.5, 0.6) is 0 Å². The molecule has 478 valence electrons. The van der Waals surface area contributed by atoms with Crippen molar-refractivity contribution in [3.8, 4) is 0 Å². The second-order valence-electron chi connectivity index (χ2n) is 27.8. The first-order chi connectivity index (χ1) is 42.9. The average molecular weight is 1230 g/mol. The Kier molecular flexibility index (Phi) is 19.2. The Morgan fingerprint density at radius 1 is 0.567 bits per heavy atom. The maximum Gasteiger partial charge on any atom is 0.251 e.